The van der Waals surface area contributed by atoms with Gasteiger partial charge in [-0.2, -0.15) is 10.2 Å². The van der Waals surface area contributed by atoms with Crippen LogP contribution in [-0.4, -0.2) is 49.7 Å². The summed E-state index contributed by atoms with van der Waals surface area (Å²) < 4.78 is 20.3. The van der Waals surface area contributed by atoms with Crippen molar-refractivity contribution in [2.24, 2.45) is 16.1 Å². The van der Waals surface area contributed by atoms with Crippen molar-refractivity contribution < 1.29 is 23.4 Å². The molecule has 4 unspecified atom stereocenters. The first-order valence-electron chi connectivity index (χ1n) is 9.58. The molecule has 2 aliphatic carbocycles. The zero-order chi connectivity index (χ0) is 19.9. The molecule has 1 aromatic rings. The first kappa shape index (κ1) is 20.8. The number of aliphatic hydroxyl groups excluding tert-OH is 1. The second kappa shape index (κ2) is 10.0. The molecule has 9 nitrogen and oxygen atoms in total. The van der Waals surface area contributed by atoms with E-state index in [9.17, 15) is 14.1 Å². The first-order valence-corrected chi connectivity index (χ1v) is 10.7. The highest BCUT2D eigenvalue weighted by molar-refractivity contribution is 7.81. The number of rotatable bonds is 7. The molecule has 3 N–H and O–H groups in total. The maximum Gasteiger partial charge on any atom is 0.309 e. The zero-order valence-electron chi connectivity index (χ0n) is 15.5. The normalized spacial score (nSPS) is 32.1. The van der Waals surface area contributed by atoms with E-state index < -0.39 is 29.3 Å². The number of pyridine rings is 1. The van der Waals surface area contributed by atoms with Crippen molar-refractivity contribution in [3.8, 4) is 0 Å². The average Bonchev–Trinajstić information content (AvgIpc) is 2.69. The van der Waals surface area contributed by atoms with Crippen molar-refractivity contribution in [3.63, 3.8) is 0 Å². The van der Waals surface area contributed by atoms with Gasteiger partial charge in [0.05, 0.1) is 30.2 Å². The summed E-state index contributed by atoms with van der Waals surface area (Å²) in [4.78, 5) is 15.2. The molecular formula is C18H26N4O5S. The van der Waals surface area contributed by atoms with Crippen LogP contribution in [0, 0.1) is 5.92 Å². The van der Waals surface area contributed by atoms with Crippen LogP contribution in [0.2, 0.25) is 0 Å². The summed E-state index contributed by atoms with van der Waals surface area (Å²) in [6, 6.07) is 5.23. The average molecular weight is 410 g/mol. The second-order valence-electron chi connectivity index (χ2n) is 7.29. The van der Waals surface area contributed by atoms with Crippen LogP contribution in [-0.2, 0) is 20.2 Å². The number of anilines is 1. The predicted octanol–water partition coefficient (Wildman–Crippen LogP) is 2.47. The van der Waals surface area contributed by atoms with Crippen molar-refractivity contribution in [2.45, 2.75) is 69.2 Å². The van der Waals surface area contributed by atoms with Gasteiger partial charge in [-0.05, 0) is 57.1 Å². The monoisotopic (exact) mass is 410 g/mol. The lowest BCUT2D eigenvalue weighted by Crippen LogP contribution is -2.36. The Morgan fingerprint density at radius 1 is 1.14 bits per heavy atom. The minimum Gasteiger partial charge on any atom is -0.481 e. The number of aromatic nitrogens is 1. The Morgan fingerprint density at radius 2 is 1.86 bits per heavy atom. The van der Waals surface area contributed by atoms with Gasteiger partial charge in [-0.25, -0.2) is 9.19 Å². The third kappa shape index (κ3) is 6.05. The molecular weight excluding hydrogens is 384 g/mol. The minimum atomic E-state index is -1.65. The van der Waals surface area contributed by atoms with Gasteiger partial charge in [0.15, 0.2) is 0 Å². The molecule has 0 aliphatic heterocycles. The fraction of sp³-hybridized carbons (Fsp3) is 0.667. The van der Waals surface area contributed by atoms with E-state index in [0.29, 0.717) is 25.1 Å². The summed E-state index contributed by atoms with van der Waals surface area (Å²) in [5.41, 5.74) is 0. The van der Waals surface area contributed by atoms with E-state index in [4.69, 9.17) is 9.29 Å². The number of nitrogens with zero attached hydrogens (tertiary/aromatic N) is 3. The van der Waals surface area contributed by atoms with E-state index in [1.54, 1.807) is 24.4 Å². The summed E-state index contributed by atoms with van der Waals surface area (Å²) >= 11 is -1.65. The number of aliphatic carboxylic acids is 1. The van der Waals surface area contributed by atoms with E-state index >= 15 is 0 Å². The van der Waals surface area contributed by atoms with Gasteiger partial charge in [-0.15, -0.1) is 0 Å². The van der Waals surface area contributed by atoms with Gasteiger partial charge in [-0.1, -0.05) is 6.07 Å². The molecule has 2 fully saturated rings. The predicted molar refractivity (Wildman–Crippen MR) is 103 cm³/mol. The second-order valence-corrected chi connectivity index (χ2v) is 8.15. The molecule has 2 saturated carbocycles. The number of aliphatic hydroxyl groups is 1. The molecule has 28 heavy (non-hydrogen) atoms. The van der Waals surface area contributed by atoms with Crippen LogP contribution in [0.5, 0.6) is 0 Å². The van der Waals surface area contributed by atoms with Gasteiger partial charge in [0, 0.05) is 6.20 Å². The van der Waals surface area contributed by atoms with Crippen molar-refractivity contribution in [2.75, 3.05) is 4.72 Å². The zero-order valence-corrected chi connectivity index (χ0v) is 16.3. The number of carboxylic acid groups (broad SMARTS) is 1. The van der Waals surface area contributed by atoms with Crippen molar-refractivity contribution in [1.82, 2.24) is 4.98 Å². The lowest BCUT2D eigenvalue weighted by atomic mass is 9.84. The summed E-state index contributed by atoms with van der Waals surface area (Å²) in [7, 11) is 0. The molecule has 0 radical (unpaired) electrons. The van der Waals surface area contributed by atoms with Crippen LogP contribution < -0.4 is 4.72 Å². The van der Waals surface area contributed by atoms with Gasteiger partial charge in [0.2, 0.25) is 0 Å². The topological polar surface area (TPSA) is 133 Å². The smallest absolute Gasteiger partial charge is 0.309 e. The summed E-state index contributed by atoms with van der Waals surface area (Å²) in [5, 5.41) is 27.7. The Bertz CT molecular complexity index is 696. The van der Waals surface area contributed by atoms with Gasteiger partial charge >= 0.3 is 5.97 Å². The Morgan fingerprint density at radius 3 is 2.54 bits per heavy atom. The Labute approximate surface area is 166 Å². The molecule has 0 bridgehead atoms. The summed E-state index contributed by atoms with van der Waals surface area (Å²) in [5.74, 6) is -1.23. The molecule has 0 spiro atoms. The van der Waals surface area contributed by atoms with E-state index in [0.717, 1.165) is 25.7 Å². The maximum atomic E-state index is 12.0. The van der Waals surface area contributed by atoms with Gasteiger partial charge < -0.3 is 10.2 Å². The largest absolute Gasteiger partial charge is 0.481 e. The molecule has 1 aromatic heterocycles. The van der Waals surface area contributed by atoms with Crippen LogP contribution >= 0.6 is 0 Å². The van der Waals surface area contributed by atoms with Crippen molar-refractivity contribution in [3.05, 3.63) is 24.4 Å². The van der Waals surface area contributed by atoms with Crippen LogP contribution in [0.1, 0.15) is 44.9 Å². The van der Waals surface area contributed by atoms with Crippen molar-refractivity contribution in [1.29, 1.82) is 0 Å². The standard InChI is InChI=1S/C18H26N4O5S/c23-16-9-6-13(11-15(16)18(24)25)21-20-12-4-7-14(8-5-12)27-28(26)22-17-3-1-2-10-19-17/h1-3,10,12-16,23H,4-9,11H2,(H,19,22)(H,24,25). The first-order chi connectivity index (χ1) is 13.5. The van der Waals surface area contributed by atoms with Gasteiger partial charge in [0.1, 0.15) is 5.82 Å². The summed E-state index contributed by atoms with van der Waals surface area (Å²) in [6.45, 7) is 0. The Hall–Kier alpha value is -1.91. The van der Waals surface area contributed by atoms with E-state index in [1.165, 1.54) is 0 Å². The number of hydrogen-bond acceptors (Lipinski definition) is 7. The lowest BCUT2D eigenvalue weighted by Gasteiger charge is -2.29. The molecule has 3 rings (SSSR count). The molecule has 4 atom stereocenters. The third-order valence-electron chi connectivity index (χ3n) is 5.22. The highest BCUT2D eigenvalue weighted by Gasteiger charge is 2.34. The number of carboxylic acids is 1. The third-order valence-corrected chi connectivity index (χ3v) is 6.04. The fourth-order valence-electron chi connectivity index (χ4n) is 3.60. The fourth-order valence-corrected chi connectivity index (χ4v) is 4.38. The molecule has 10 heteroatoms. The van der Waals surface area contributed by atoms with Crippen LogP contribution in [0.3, 0.4) is 0 Å². The van der Waals surface area contributed by atoms with E-state index in [1.807, 2.05) is 0 Å². The highest BCUT2D eigenvalue weighted by atomic mass is 32.2. The molecule has 154 valence electrons. The van der Waals surface area contributed by atoms with Gasteiger partial charge in [-0.3, -0.25) is 13.7 Å². The van der Waals surface area contributed by atoms with Crippen LogP contribution in [0.4, 0.5) is 5.82 Å². The molecule has 0 aromatic carbocycles. The lowest BCUT2D eigenvalue weighted by molar-refractivity contribution is -0.147. The highest BCUT2D eigenvalue weighted by Crippen LogP contribution is 2.29. The number of nitrogens with one attached hydrogen (secondary N) is 1. The maximum absolute atomic E-state index is 12.0. The molecule has 0 saturated heterocycles. The number of azo groups is 1. The van der Waals surface area contributed by atoms with E-state index in [-0.39, 0.29) is 18.2 Å². The molecule has 1 heterocycles. The number of carbonyl (C=O) groups is 1. The molecule has 0 amide bonds. The summed E-state index contributed by atoms with van der Waals surface area (Å²) in [6.07, 6.45) is 5.18. The SMILES string of the molecule is O=C(O)C1CC(N=NC2CCC(OS(=O)Nc3ccccn3)CC2)CCC1O. The van der Waals surface area contributed by atoms with Gasteiger partial charge in [0.25, 0.3) is 11.3 Å². The van der Waals surface area contributed by atoms with Crippen LogP contribution in [0.25, 0.3) is 0 Å². The Kier molecular flexibility index (Phi) is 7.46. The van der Waals surface area contributed by atoms with Crippen molar-refractivity contribution >= 4 is 23.1 Å². The minimum absolute atomic E-state index is 0.0761. The quantitative estimate of drug-likeness (QED) is 0.591. The van der Waals surface area contributed by atoms with Crippen LogP contribution in [0.15, 0.2) is 34.6 Å². The van der Waals surface area contributed by atoms with E-state index in [2.05, 4.69) is 19.9 Å². The number of hydrogen-bond donors (Lipinski definition) is 3. The Balaban J connectivity index is 1.40. The molecule has 2 aliphatic rings.